The normalized spacial score (nSPS) is 11.2. The van der Waals surface area contributed by atoms with Crippen molar-refractivity contribution in [3.8, 4) is 0 Å². The number of alkyl halides is 3. The van der Waals surface area contributed by atoms with Gasteiger partial charge >= 0.3 is 6.18 Å². The zero-order valence-electron chi connectivity index (χ0n) is 18.5. The summed E-state index contributed by atoms with van der Waals surface area (Å²) in [6.45, 7) is 6.05. The predicted molar refractivity (Wildman–Crippen MR) is 128 cm³/mol. The van der Waals surface area contributed by atoms with Crippen molar-refractivity contribution < 1.29 is 22.8 Å². The molecule has 12 heteroatoms. The number of aryl methyl sites for hydroxylation is 1. The molecule has 2 aromatic carbocycles. The van der Waals surface area contributed by atoms with Gasteiger partial charge in [0.05, 0.1) is 28.6 Å². The Balaban J connectivity index is 1.63. The maximum Gasteiger partial charge on any atom is 0.416 e. The van der Waals surface area contributed by atoms with Gasteiger partial charge < -0.3 is 15.2 Å². The van der Waals surface area contributed by atoms with Crippen molar-refractivity contribution in [3.05, 3.63) is 82.7 Å². The molecule has 0 saturated carbocycles. The summed E-state index contributed by atoms with van der Waals surface area (Å²) in [5.41, 5.74) is 0.477. The lowest BCUT2D eigenvalue weighted by Crippen LogP contribution is -2.24. The van der Waals surface area contributed by atoms with E-state index in [4.69, 9.17) is 11.6 Å². The van der Waals surface area contributed by atoms with Crippen LogP contribution in [0.15, 0.2) is 60.3 Å². The average Bonchev–Trinajstić information content (AvgIpc) is 3.19. The first-order valence-electron chi connectivity index (χ1n) is 10.3. The molecule has 0 spiro atoms. The molecule has 0 atom stereocenters. The molecule has 35 heavy (non-hydrogen) atoms. The fourth-order valence-electron chi connectivity index (χ4n) is 2.95. The average molecular weight is 524 g/mol. The van der Waals surface area contributed by atoms with Gasteiger partial charge in [0.2, 0.25) is 5.91 Å². The summed E-state index contributed by atoms with van der Waals surface area (Å²) in [4.78, 5) is 24.7. The van der Waals surface area contributed by atoms with Crippen LogP contribution < -0.4 is 10.6 Å². The van der Waals surface area contributed by atoms with Crippen LogP contribution in [-0.4, -0.2) is 32.3 Å². The van der Waals surface area contributed by atoms with Crippen molar-refractivity contribution in [2.45, 2.75) is 31.3 Å². The number of halogens is 4. The van der Waals surface area contributed by atoms with Crippen molar-refractivity contribution in [1.82, 2.24) is 20.1 Å². The second-order valence-electron chi connectivity index (χ2n) is 7.38. The van der Waals surface area contributed by atoms with Gasteiger partial charge in [0.1, 0.15) is 0 Å². The summed E-state index contributed by atoms with van der Waals surface area (Å²) in [5, 5.41) is 13.7. The molecular formula is C23H21ClF3N5O2S. The number of nitrogens with one attached hydrogen (secondary N) is 2. The zero-order chi connectivity index (χ0) is 25.6. The first kappa shape index (κ1) is 26.3. The molecule has 3 aromatic rings. The van der Waals surface area contributed by atoms with Crippen LogP contribution in [0.2, 0.25) is 5.02 Å². The predicted octanol–water partition coefficient (Wildman–Crippen LogP) is 5.11. The van der Waals surface area contributed by atoms with E-state index in [0.29, 0.717) is 23.1 Å². The molecule has 0 saturated heterocycles. The number of anilines is 1. The second kappa shape index (κ2) is 11.4. The standard InChI is InChI=1S/C23H21ClF3N5O2S/c1-3-10-32-19(12-28-21(34)15-6-4-14(2)5-7-15)30-31-22(32)35-13-20(33)29-18-11-16(23(25,26)27)8-9-17(18)24/h3-9,11H,1,10,12-13H2,2H3,(H,28,34)(H,29,33). The number of rotatable bonds is 9. The highest BCUT2D eigenvalue weighted by Gasteiger charge is 2.31. The van der Waals surface area contributed by atoms with Gasteiger partial charge in [0.25, 0.3) is 5.91 Å². The summed E-state index contributed by atoms with van der Waals surface area (Å²) in [7, 11) is 0. The fraction of sp³-hybridized carbons (Fsp3) is 0.217. The zero-order valence-corrected chi connectivity index (χ0v) is 20.1. The van der Waals surface area contributed by atoms with Crippen LogP contribution in [0.3, 0.4) is 0 Å². The number of hydrogen-bond donors (Lipinski definition) is 2. The number of hydrogen-bond acceptors (Lipinski definition) is 5. The van der Waals surface area contributed by atoms with Gasteiger partial charge in [0.15, 0.2) is 11.0 Å². The first-order chi connectivity index (χ1) is 16.6. The van der Waals surface area contributed by atoms with E-state index in [0.717, 1.165) is 35.5 Å². The molecule has 184 valence electrons. The van der Waals surface area contributed by atoms with E-state index in [-0.39, 0.29) is 28.9 Å². The molecule has 2 N–H and O–H groups in total. The molecule has 0 fully saturated rings. The number of nitrogens with zero attached hydrogens (tertiary/aromatic N) is 3. The molecule has 3 rings (SSSR count). The molecular weight excluding hydrogens is 503 g/mol. The number of carbonyl (C=O) groups is 2. The fourth-order valence-corrected chi connectivity index (χ4v) is 3.88. The molecule has 0 bridgehead atoms. The van der Waals surface area contributed by atoms with E-state index in [9.17, 15) is 22.8 Å². The van der Waals surface area contributed by atoms with Crippen LogP contribution in [0.25, 0.3) is 0 Å². The topological polar surface area (TPSA) is 88.9 Å². The third kappa shape index (κ3) is 7.09. The molecule has 7 nitrogen and oxygen atoms in total. The molecule has 0 aliphatic carbocycles. The van der Waals surface area contributed by atoms with E-state index in [1.54, 1.807) is 22.8 Å². The Morgan fingerprint density at radius 2 is 1.89 bits per heavy atom. The van der Waals surface area contributed by atoms with Crippen LogP contribution in [0.4, 0.5) is 18.9 Å². The lowest BCUT2D eigenvalue weighted by atomic mass is 10.1. The monoisotopic (exact) mass is 523 g/mol. The Labute approximate surface area is 208 Å². The molecule has 0 aliphatic heterocycles. The summed E-state index contributed by atoms with van der Waals surface area (Å²) >= 11 is 6.96. The quantitative estimate of drug-likeness (QED) is 0.301. The lowest BCUT2D eigenvalue weighted by molar-refractivity contribution is -0.137. The maximum atomic E-state index is 12.9. The Hall–Kier alpha value is -3.31. The summed E-state index contributed by atoms with van der Waals surface area (Å²) < 4.78 is 40.5. The van der Waals surface area contributed by atoms with E-state index in [2.05, 4.69) is 27.4 Å². The molecule has 2 amide bonds. The van der Waals surface area contributed by atoms with Crippen molar-refractivity contribution in [1.29, 1.82) is 0 Å². The number of thioether (sulfide) groups is 1. The van der Waals surface area contributed by atoms with Gasteiger partial charge in [-0.25, -0.2) is 0 Å². The minimum Gasteiger partial charge on any atom is -0.345 e. The van der Waals surface area contributed by atoms with Gasteiger partial charge in [-0.2, -0.15) is 13.2 Å². The van der Waals surface area contributed by atoms with Crippen LogP contribution in [0.5, 0.6) is 0 Å². The number of aromatic nitrogens is 3. The second-order valence-corrected chi connectivity index (χ2v) is 8.73. The SMILES string of the molecule is C=CCn1c(CNC(=O)c2ccc(C)cc2)nnc1SCC(=O)Nc1cc(C(F)(F)F)ccc1Cl. The summed E-state index contributed by atoms with van der Waals surface area (Å²) in [5.74, 6) is -0.546. The van der Waals surface area contributed by atoms with E-state index >= 15 is 0 Å². The van der Waals surface area contributed by atoms with Crippen molar-refractivity contribution in [2.75, 3.05) is 11.1 Å². The Morgan fingerprint density at radius 3 is 2.54 bits per heavy atom. The van der Waals surface area contributed by atoms with Gasteiger partial charge in [-0.3, -0.25) is 9.59 Å². The maximum absolute atomic E-state index is 12.9. The molecule has 0 radical (unpaired) electrons. The molecule has 1 heterocycles. The third-order valence-corrected chi connectivity index (χ3v) is 6.02. The van der Waals surface area contributed by atoms with Crippen molar-refractivity contribution in [3.63, 3.8) is 0 Å². The lowest BCUT2D eigenvalue weighted by Gasteiger charge is -2.12. The van der Waals surface area contributed by atoms with Gasteiger partial charge in [0, 0.05) is 12.1 Å². The van der Waals surface area contributed by atoms with Gasteiger partial charge in [-0.05, 0) is 37.3 Å². The Morgan fingerprint density at radius 1 is 1.17 bits per heavy atom. The van der Waals surface area contributed by atoms with E-state index in [1.165, 1.54) is 0 Å². The molecule has 1 aromatic heterocycles. The van der Waals surface area contributed by atoms with Crippen LogP contribution in [0, 0.1) is 6.92 Å². The minimum absolute atomic E-state index is 0.0159. The first-order valence-corrected chi connectivity index (χ1v) is 11.6. The van der Waals surface area contributed by atoms with Crippen LogP contribution in [0.1, 0.15) is 27.3 Å². The van der Waals surface area contributed by atoms with Crippen molar-refractivity contribution >= 4 is 40.9 Å². The van der Waals surface area contributed by atoms with Crippen LogP contribution >= 0.6 is 23.4 Å². The summed E-state index contributed by atoms with van der Waals surface area (Å²) in [6, 6.07) is 9.79. The minimum atomic E-state index is -4.56. The smallest absolute Gasteiger partial charge is 0.345 e. The van der Waals surface area contributed by atoms with E-state index < -0.39 is 17.6 Å². The third-order valence-electron chi connectivity index (χ3n) is 4.73. The number of allylic oxidation sites excluding steroid dienone is 1. The van der Waals surface area contributed by atoms with Crippen LogP contribution in [-0.2, 0) is 24.1 Å². The Bertz CT molecular complexity index is 1230. The number of amides is 2. The molecule has 0 aliphatic rings. The van der Waals surface area contributed by atoms with Gasteiger partial charge in [-0.1, -0.05) is 47.1 Å². The summed E-state index contributed by atoms with van der Waals surface area (Å²) in [6.07, 6.45) is -2.95. The highest BCUT2D eigenvalue weighted by atomic mass is 35.5. The number of carbonyl (C=O) groups excluding carboxylic acids is 2. The molecule has 0 unspecified atom stereocenters. The van der Waals surface area contributed by atoms with E-state index in [1.807, 2.05) is 19.1 Å². The highest BCUT2D eigenvalue weighted by molar-refractivity contribution is 7.99. The highest BCUT2D eigenvalue weighted by Crippen LogP contribution is 2.34. The number of benzene rings is 2. The largest absolute Gasteiger partial charge is 0.416 e. The van der Waals surface area contributed by atoms with Gasteiger partial charge in [-0.15, -0.1) is 16.8 Å². The van der Waals surface area contributed by atoms with Crippen molar-refractivity contribution in [2.24, 2.45) is 0 Å². The Kier molecular flexibility index (Phi) is 8.57.